The smallest absolute Gasteiger partial charge is 0.00923 e. The van der Waals surface area contributed by atoms with Crippen molar-refractivity contribution in [2.45, 2.75) is 0 Å². The van der Waals surface area contributed by atoms with E-state index in [1.165, 1.54) is 16.2 Å². The van der Waals surface area contributed by atoms with Crippen molar-refractivity contribution < 1.29 is 0 Å². The molecule has 0 aliphatic heterocycles. The van der Waals surface area contributed by atoms with E-state index in [1.54, 1.807) is 0 Å². The van der Waals surface area contributed by atoms with Gasteiger partial charge in [0.2, 0.25) is 0 Å². The van der Waals surface area contributed by atoms with E-state index < -0.39 is 0 Å². The van der Waals surface area contributed by atoms with Gasteiger partial charge in [0.25, 0.3) is 0 Å². The van der Waals surface area contributed by atoms with Gasteiger partial charge in [0.1, 0.15) is 0 Å². The fourth-order valence-electron chi connectivity index (χ4n) is 1.69. The zero-order valence-electron chi connectivity index (χ0n) is 7.54. The second kappa shape index (κ2) is 2.85. The van der Waals surface area contributed by atoms with Crippen molar-refractivity contribution in [3.63, 3.8) is 0 Å². The predicted octanol–water partition coefficient (Wildman–Crippen LogP) is 3.39. The SMILES string of the molecule is [c]1[c]cc2cc3ccc[c]c3cc2c1. The average Bonchev–Trinajstić information content (AvgIpc) is 2.26. The molecule has 0 heterocycles. The Kier molecular flexibility index (Phi) is 1.54. The topological polar surface area (TPSA) is 0 Å². The minimum absolute atomic E-state index is 1.15. The molecule has 0 heteroatoms. The van der Waals surface area contributed by atoms with Gasteiger partial charge in [-0.25, -0.2) is 0 Å². The predicted molar refractivity (Wildman–Crippen MR) is 58.0 cm³/mol. The number of fused-ring (bicyclic) bond motifs is 2. The van der Waals surface area contributed by atoms with E-state index in [-0.39, 0.29) is 0 Å². The first-order valence-electron chi connectivity index (χ1n) is 4.55. The first-order valence-corrected chi connectivity index (χ1v) is 4.55. The van der Waals surface area contributed by atoms with Crippen molar-refractivity contribution in [2.24, 2.45) is 0 Å². The highest BCUT2D eigenvalue weighted by atomic mass is 14.0. The zero-order valence-corrected chi connectivity index (χ0v) is 7.54. The highest BCUT2D eigenvalue weighted by Crippen LogP contribution is 2.21. The molecule has 3 aromatic carbocycles. The fraction of sp³-hybridized carbons (Fsp3) is 0. The maximum atomic E-state index is 3.22. The number of rotatable bonds is 0. The summed E-state index contributed by atoms with van der Waals surface area (Å²) in [5, 5.41) is 4.77. The van der Waals surface area contributed by atoms with Gasteiger partial charge < -0.3 is 0 Å². The Labute approximate surface area is 82.8 Å². The third-order valence-electron chi connectivity index (χ3n) is 2.40. The third-order valence-corrected chi connectivity index (χ3v) is 2.40. The molecule has 63 valence electrons. The van der Waals surface area contributed by atoms with E-state index in [1.807, 2.05) is 24.3 Å². The number of benzene rings is 3. The molecule has 0 amide bonds. The maximum Gasteiger partial charge on any atom is -0.00923 e. The Morgan fingerprint density at radius 3 is 2.50 bits per heavy atom. The van der Waals surface area contributed by atoms with Gasteiger partial charge in [0, 0.05) is 0 Å². The molecule has 0 nitrogen and oxygen atoms in total. The summed E-state index contributed by atoms with van der Waals surface area (Å²) in [6.07, 6.45) is 0. The molecule has 0 aliphatic carbocycles. The second-order valence-electron chi connectivity index (χ2n) is 3.32. The summed E-state index contributed by atoms with van der Waals surface area (Å²) < 4.78 is 0. The summed E-state index contributed by atoms with van der Waals surface area (Å²) in [5.41, 5.74) is 0. The maximum absolute atomic E-state index is 3.22. The van der Waals surface area contributed by atoms with Crippen LogP contribution in [0.3, 0.4) is 0 Å². The van der Waals surface area contributed by atoms with Gasteiger partial charge in [-0.15, -0.1) is 0 Å². The molecule has 0 atom stereocenters. The van der Waals surface area contributed by atoms with Crippen molar-refractivity contribution in [1.82, 2.24) is 0 Å². The Bertz CT molecular complexity index is 489. The highest BCUT2D eigenvalue weighted by molar-refractivity contribution is 5.97. The lowest BCUT2D eigenvalue weighted by atomic mass is 10.0. The fourth-order valence-corrected chi connectivity index (χ4v) is 1.69. The van der Waals surface area contributed by atoms with Crippen molar-refractivity contribution in [3.05, 3.63) is 60.7 Å². The molecule has 0 bridgehead atoms. The van der Waals surface area contributed by atoms with E-state index >= 15 is 0 Å². The molecule has 3 radical (unpaired) electrons. The lowest BCUT2D eigenvalue weighted by Gasteiger charge is -2.00. The van der Waals surface area contributed by atoms with E-state index in [0.717, 1.165) is 5.39 Å². The first kappa shape index (κ1) is 7.57. The summed E-state index contributed by atoms with van der Waals surface area (Å²) in [5.74, 6) is 0. The molecule has 0 N–H and O–H groups in total. The van der Waals surface area contributed by atoms with E-state index in [2.05, 4.69) is 36.4 Å². The van der Waals surface area contributed by atoms with Crippen LogP contribution in [0.25, 0.3) is 21.5 Å². The summed E-state index contributed by atoms with van der Waals surface area (Å²) in [6, 6.07) is 23.4. The van der Waals surface area contributed by atoms with E-state index in [0.29, 0.717) is 0 Å². The van der Waals surface area contributed by atoms with Gasteiger partial charge in [-0.05, 0) is 64.0 Å². The normalized spacial score (nSPS) is 10.9. The van der Waals surface area contributed by atoms with E-state index in [4.69, 9.17) is 0 Å². The van der Waals surface area contributed by atoms with Crippen molar-refractivity contribution in [1.29, 1.82) is 0 Å². The molecule has 0 saturated heterocycles. The summed E-state index contributed by atoms with van der Waals surface area (Å²) >= 11 is 0. The minimum Gasteiger partial charge on any atom is -0.0610 e. The van der Waals surface area contributed by atoms with Crippen LogP contribution in [0.2, 0.25) is 0 Å². The highest BCUT2D eigenvalue weighted by Gasteiger charge is 1.95. The van der Waals surface area contributed by atoms with Gasteiger partial charge in [0.05, 0.1) is 0 Å². The largest absolute Gasteiger partial charge is 0.0610 e. The molecule has 0 spiro atoms. The molecule has 3 aromatic rings. The monoisotopic (exact) mass is 175 g/mol. The number of hydrogen-bond donors (Lipinski definition) is 0. The van der Waals surface area contributed by atoms with Crippen LogP contribution in [-0.4, -0.2) is 0 Å². The zero-order chi connectivity index (χ0) is 9.38. The molecule has 0 saturated carbocycles. The summed E-state index contributed by atoms with van der Waals surface area (Å²) in [6.45, 7) is 0. The quantitative estimate of drug-likeness (QED) is 0.459. The lowest BCUT2D eigenvalue weighted by Crippen LogP contribution is -1.75. The summed E-state index contributed by atoms with van der Waals surface area (Å²) in [7, 11) is 0. The second-order valence-corrected chi connectivity index (χ2v) is 3.32. The van der Waals surface area contributed by atoms with Gasteiger partial charge >= 0.3 is 0 Å². The van der Waals surface area contributed by atoms with Gasteiger partial charge in [-0.3, -0.25) is 0 Å². The van der Waals surface area contributed by atoms with Crippen LogP contribution in [0.5, 0.6) is 0 Å². The Hall–Kier alpha value is -1.82. The van der Waals surface area contributed by atoms with Crippen LogP contribution < -0.4 is 0 Å². The molecule has 0 aromatic heterocycles. The Morgan fingerprint density at radius 1 is 0.857 bits per heavy atom. The molecular weight excluding hydrogens is 168 g/mol. The molecule has 14 heavy (non-hydrogen) atoms. The van der Waals surface area contributed by atoms with Crippen LogP contribution in [0, 0.1) is 18.2 Å². The van der Waals surface area contributed by atoms with Crippen LogP contribution in [0.1, 0.15) is 0 Å². The minimum atomic E-state index is 1.15. The van der Waals surface area contributed by atoms with Crippen molar-refractivity contribution in [3.8, 4) is 0 Å². The molecule has 0 fully saturated rings. The first-order chi connectivity index (χ1) is 6.93. The van der Waals surface area contributed by atoms with Gasteiger partial charge in [0.15, 0.2) is 0 Å². The van der Waals surface area contributed by atoms with Crippen LogP contribution in [0.15, 0.2) is 42.5 Å². The standard InChI is InChI=1S/C14H7/c1-2-6-12-10-14-8-4-3-7-13(14)9-11(12)5-1/h1-2,5,7-10H. The molecule has 3 rings (SSSR count). The van der Waals surface area contributed by atoms with Crippen LogP contribution in [-0.2, 0) is 0 Å². The van der Waals surface area contributed by atoms with Crippen LogP contribution in [0.4, 0.5) is 0 Å². The van der Waals surface area contributed by atoms with E-state index in [9.17, 15) is 0 Å². The number of hydrogen-bond acceptors (Lipinski definition) is 0. The third kappa shape index (κ3) is 1.08. The lowest BCUT2D eigenvalue weighted by molar-refractivity contribution is 1.73. The molecular formula is C14H7. The Morgan fingerprint density at radius 2 is 1.64 bits per heavy atom. The van der Waals surface area contributed by atoms with Crippen molar-refractivity contribution in [2.75, 3.05) is 0 Å². The molecule has 0 aliphatic rings. The van der Waals surface area contributed by atoms with Crippen LogP contribution >= 0.6 is 0 Å². The Balaban J connectivity index is 2.52. The van der Waals surface area contributed by atoms with Gasteiger partial charge in [-0.2, -0.15) is 0 Å². The van der Waals surface area contributed by atoms with Gasteiger partial charge in [-0.1, -0.05) is 18.2 Å². The molecule has 0 unspecified atom stereocenters. The summed E-state index contributed by atoms with van der Waals surface area (Å²) in [4.78, 5) is 0. The average molecular weight is 175 g/mol. The van der Waals surface area contributed by atoms with Crippen molar-refractivity contribution >= 4 is 21.5 Å².